The topological polar surface area (TPSA) is 60.9 Å². The molecule has 0 heterocycles. The van der Waals surface area contributed by atoms with Crippen molar-refractivity contribution >= 4 is 17.5 Å². The molecule has 0 saturated carbocycles. The molecule has 2 rings (SSSR count). The van der Waals surface area contributed by atoms with E-state index in [1.165, 1.54) is 4.90 Å². The monoisotopic (exact) mass is 399 g/mol. The van der Waals surface area contributed by atoms with Crippen LogP contribution in [0.25, 0.3) is 0 Å². The molecule has 0 unspecified atom stereocenters. The number of fused-ring (bicyclic) bond motifs is 1. The highest BCUT2D eigenvalue weighted by Crippen LogP contribution is 2.30. The van der Waals surface area contributed by atoms with Gasteiger partial charge in [0.1, 0.15) is 11.4 Å². The van der Waals surface area contributed by atoms with Gasteiger partial charge >= 0.3 is 0 Å². The standard InChI is InChI=1S/C23H33N3O3/c1-6-8-14-25(5)20-21(26(15-9-7-2)19(27)16-24(3)4)23(29)18-13-11-10-12-17(18)22(20)28/h10-13H,6-9,14-16H2,1-5H3. The van der Waals surface area contributed by atoms with E-state index in [0.29, 0.717) is 29.9 Å². The van der Waals surface area contributed by atoms with Crippen molar-refractivity contribution in [1.29, 1.82) is 0 Å². The first-order valence-corrected chi connectivity index (χ1v) is 10.4. The van der Waals surface area contributed by atoms with E-state index < -0.39 is 0 Å². The highest BCUT2D eigenvalue weighted by Gasteiger charge is 2.38. The van der Waals surface area contributed by atoms with Crippen molar-refractivity contribution < 1.29 is 14.4 Å². The number of hydrogen-bond donors (Lipinski definition) is 0. The van der Waals surface area contributed by atoms with Crippen molar-refractivity contribution in [3.63, 3.8) is 0 Å². The molecule has 0 saturated heterocycles. The zero-order valence-corrected chi connectivity index (χ0v) is 18.3. The van der Waals surface area contributed by atoms with Crippen LogP contribution in [0, 0.1) is 0 Å². The Hall–Kier alpha value is -2.47. The number of benzene rings is 1. The molecule has 1 aromatic rings. The van der Waals surface area contributed by atoms with E-state index in [-0.39, 0.29) is 29.7 Å². The third kappa shape index (κ3) is 5.12. The van der Waals surface area contributed by atoms with Gasteiger partial charge in [0.15, 0.2) is 0 Å². The van der Waals surface area contributed by atoms with Crippen LogP contribution in [-0.4, -0.2) is 73.0 Å². The maximum Gasteiger partial charge on any atom is 0.241 e. The van der Waals surface area contributed by atoms with Gasteiger partial charge in [-0.05, 0) is 26.9 Å². The van der Waals surface area contributed by atoms with Gasteiger partial charge in [0.05, 0.1) is 6.54 Å². The van der Waals surface area contributed by atoms with Crippen LogP contribution in [0.15, 0.2) is 35.7 Å². The fraction of sp³-hybridized carbons (Fsp3) is 0.522. The molecular formula is C23H33N3O3. The predicted octanol–water partition coefficient (Wildman–Crippen LogP) is 3.20. The smallest absolute Gasteiger partial charge is 0.241 e. The predicted molar refractivity (Wildman–Crippen MR) is 115 cm³/mol. The third-order valence-electron chi connectivity index (χ3n) is 5.06. The van der Waals surface area contributed by atoms with Crippen LogP contribution >= 0.6 is 0 Å². The van der Waals surface area contributed by atoms with Gasteiger partial charge in [-0.3, -0.25) is 14.4 Å². The number of unbranched alkanes of at least 4 members (excludes halogenated alkanes) is 2. The molecule has 158 valence electrons. The average molecular weight is 400 g/mol. The zero-order valence-electron chi connectivity index (χ0n) is 18.3. The summed E-state index contributed by atoms with van der Waals surface area (Å²) in [5, 5.41) is 0. The Balaban J connectivity index is 2.63. The summed E-state index contributed by atoms with van der Waals surface area (Å²) in [6.45, 7) is 5.38. The Morgan fingerprint density at radius 1 is 0.828 bits per heavy atom. The first-order chi connectivity index (χ1) is 13.8. The van der Waals surface area contributed by atoms with Gasteiger partial charge in [0, 0.05) is 31.3 Å². The van der Waals surface area contributed by atoms with Crippen LogP contribution in [0.5, 0.6) is 0 Å². The summed E-state index contributed by atoms with van der Waals surface area (Å²) in [5.74, 6) is -0.602. The van der Waals surface area contributed by atoms with Crippen molar-refractivity contribution in [2.75, 3.05) is 40.8 Å². The molecule has 0 radical (unpaired) electrons. The molecule has 1 aromatic carbocycles. The first kappa shape index (κ1) is 22.8. The number of nitrogens with zero attached hydrogens (tertiary/aromatic N) is 3. The fourth-order valence-electron chi connectivity index (χ4n) is 3.49. The number of ketones is 2. The maximum atomic E-state index is 13.5. The quantitative estimate of drug-likeness (QED) is 0.605. The summed E-state index contributed by atoms with van der Waals surface area (Å²) < 4.78 is 0. The van der Waals surface area contributed by atoms with Gasteiger partial charge in [-0.2, -0.15) is 0 Å². The Kier molecular flexibility index (Phi) is 8.14. The lowest BCUT2D eigenvalue weighted by molar-refractivity contribution is -0.129. The van der Waals surface area contributed by atoms with Crippen LogP contribution in [0.1, 0.15) is 60.2 Å². The molecule has 0 aliphatic heterocycles. The van der Waals surface area contributed by atoms with E-state index >= 15 is 0 Å². The molecule has 0 spiro atoms. The minimum absolute atomic E-state index is 0.166. The Morgan fingerprint density at radius 3 is 1.86 bits per heavy atom. The van der Waals surface area contributed by atoms with Gasteiger partial charge in [0.25, 0.3) is 0 Å². The van der Waals surface area contributed by atoms with Crippen LogP contribution in [0.3, 0.4) is 0 Å². The van der Waals surface area contributed by atoms with Crippen molar-refractivity contribution in [3.05, 3.63) is 46.8 Å². The largest absolute Gasteiger partial charge is 0.370 e. The van der Waals surface area contributed by atoms with E-state index in [2.05, 4.69) is 6.92 Å². The van der Waals surface area contributed by atoms with E-state index in [0.717, 1.165) is 25.7 Å². The molecular weight excluding hydrogens is 366 g/mol. The molecule has 0 N–H and O–H groups in total. The van der Waals surface area contributed by atoms with Crippen LogP contribution in [0.4, 0.5) is 0 Å². The Morgan fingerprint density at radius 2 is 1.34 bits per heavy atom. The Bertz CT molecular complexity index is 798. The summed E-state index contributed by atoms with van der Waals surface area (Å²) in [6, 6.07) is 6.89. The van der Waals surface area contributed by atoms with Gasteiger partial charge in [-0.15, -0.1) is 0 Å². The SMILES string of the molecule is CCCCN(C)C1=C(N(CCCC)C(=O)CN(C)C)C(=O)c2ccccc2C1=O. The number of Topliss-reactive ketones (excluding diaryl/α,β-unsaturated/α-hetero) is 2. The lowest BCUT2D eigenvalue weighted by Crippen LogP contribution is -2.45. The molecule has 1 aliphatic carbocycles. The number of carbonyl (C=O) groups is 3. The van der Waals surface area contributed by atoms with E-state index in [1.54, 1.807) is 29.2 Å². The second-order valence-corrected chi connectivity index (χ2v) is 7.81. The first-order valence-electron chi connectivity index (χ1n) is 10.4. The molecule has 1 amide bonds. The van der Waals surface area contributed by atoms with Crippen molar-refractivity contribution in [1.82, 2.24) is 14.7 Å². The van der Waals surface area contributed by atoms with Gasteiger partial charge < -0.3 is 14.7 Å². The number of likely N-dealkylation sites (N-methyl/N-ethyl adjacent to an activating group) is 2. The lowest BCUT2D eigenvalue weighted by Gasteiger charge is -2.34. The third-order valence-corrected chi connectivity index (χ3v) is 5.06. The summed E-state index contributed by atoms with van der Waals surface area (Å²) in [6.07, 6.45) is 3.53. The number of carbonyl (C=O) groups excluding carboxylic acids is 3. The van der Waals surface area contributed by atoms with Crippen molar-refractivity contribution in [2.45, 2.75) is 39.5 Å². The minimum Gasteiger partial charge on any atom is -0.370 e. The minimum atomic E-state index is -0.248. The maximum absolute atomic E-state index is 13.5. The van der Waals surface area contributed by atoms with E-state index in [4.69, 9.17) is 0 Å². The highest BCUT2D eigenvalue weighted by atomic mass is 16.2. The van der Waals surface area contributed by atoms with Crippen molar-refractivity contribution in [3.8, 4) is 0 Å². The molecule has 0 aromatic heterocycles. The molecule has 6 heteroatoms. The summed E-state index contributed by atoms with van der Waals surface area (Å²) in [7, 11) is 5.47. The molecule has 29 heavy (non-hydrogen) atoms. The van der Waals surface area contributed by atoms with Crippen LogP contribution in [0.2, 0.25) is 0 Å². The van der Waals surface area contributed by atoms with Crippen molar-refractivity contribution in [2.24, 2.45) is 0 Å². The Labute approximate surface area is 174 Å². The summed E-state index contributed by atoms with van der Waals surface area (Å²) >= 11 is 0. The molecule has 1 aliphatic rings. The number of hydrogen-bond acceptors (Lipinski definition) is 5. The normalized spacial score (nSPS) is 13.7. The lowest BCUT2D eigenvalue weighted by atomic mass is 9.89. The average Bonchev–Trinajstić information content (AvgIpc) is 2.69. The summed E-state index contributed by atoms with van der Waals surface area (Å²) in [5.41, 5.74) is 1.35. The second kappa shape index (κ2) is 10.3. The molecule has 0 fully saturated rings. The highest BCUT2D eigenvalue weighted by molar-refractivity contribution is 6.27. The number of amides is 1. The molecule has 6 nitrogen and oxygen atoms in total. The fourth-order valence-corrected chi connectivity index (χ4v) is 3.49. The van der Waals surface area contributed by atoms with Crippen LogP contribution in [-0.2, 0) is 4.79 Å². The van der Waals surface area contributed by atoms with E-state index in [1.807, 2.05) is 33.0 Å². The summed E-state index contributed by atoms with van der Waals surface area (Å²) in [4.78, 5) is 45.1. The molecule has 0 atom stereocenters. The molecule has 0 bridgehead atoms. The van der Waals surface area contributed by atoms with Gasteiger partial charge in [0.2, 0.25) is 17.5 Å². The van der Waals surface area contributed by atoms with Crippen LogP contribution < -0.4 is 0 Å². The van der Waals surface area contributed by atoms with Gasteiger partial charge in [-0.25, -0.2) is 0 Å². The second-order valence-electron chi connectivity index (χ2n) is 7.81. The van der Waals surface area contributed by atoms with E-state index in [9.17, 15) is 14.4 Å². The zero-order chi connectivity index (χ0) is 21.6. The number of allylic oxidation sites excluding steroid dienone is 2. The van der Waals surface area contributed by atoms with Gasteiger partial charge in [-0.1, -0.05) is 51.0 Å². The number of rotatable bonds is 10.